The Hall–Kier alpha value is -2.45. The average Bonchev–Trinajstić information content (AvgIpc) is 3.21. The summed E-state index contributed by atoms with van der Waals surface area (Å²) in [6, 6.07) is 7.49. The van der Waals surface area contributed by atoms with Crippen LogP contribution in [0, 0.1) is 13.8 Å². The second-order valence-corrected chi connectivity index (χ2v) is 7.49. The lowest BCUT2D eigenvalue weighted by atomic mass is 10.2. The molecule has 3 aromatic heterocycles. The molecule has 8 heteroatoms. The number of ether oxygens (including phenoxy) is 1. The fourth-order valence-electron chi connectivity index (χ4n) is 2.41. The van der Waals surface area contributed by atoms with Gasteiger partial charge in [0, 0.05) is 15.8 Å². The Balaban J connectivity index is 1.65. The van der Waals surface area contributed by atoms with Crippen molar-refractivity contribution >= 4 is 33.3 Å². The molecule has 0 bridgehead atoms. The molecule has 0 radical (unpaired) electrons. The average molecular weight is 370 g/mol. The molecular formula is C17H14N4O2S2. The molecule has 6 nitrogen and oxygen atoms in total. The SMILES string of the molecule is COc1ccc(-c2nnc(Sc3ncnc4sc(C)c(C)c34)o2)cc1. The molecule has 3 heterocycles. The largest absolute Gasteiger partial charge is 0.497 e. The van der Waals surface area contributed by atoms with Crippen LogP contribution < -0.4 is 4.74 Å². The summed E-state index contributed by atoms with van der Waals surface area (Å²) in [6.45, 7) is 4.17. The molecule has 4 aromatic rings. The Morgan fingerprint density at radius 3 is 2.64 bits per heavy atom. The van der Waals surface area contributed by atoms with Gasteiger partial charge in [-0.1, -0.05) is 0 Å². The van der Waals surface area contributed by atoms with E-state index in [1.54, 1.807) is 24.8 Å². The highest BCUT2D eigenvalue weighted by Crippen LogP contribution is 2.37. The summed E-state index contributed by atoms with van der Waals surface area (Å²) in [7, 11) is 1.63. The molecule has 1 aromatic carbocycles. The molecule has 0 amide bonds. The zero-order chi connectivity index (χ0) is 17.4. The molecular weight excluding hydrogens is 356 g/mol. The molecule has 0 unspecified atom stereocenters. The molecule has 0 saturated carbocycles. The number of hydrogen-bond donors (Lipinski definition) is 0. The van der Waals surface area contributed by atoms with Gasteiger partial charge in [0.1, 0.15) is 21.9 Å². The van der Waals surface area contributed by atoms with Gasteiger partial charge in [-0.05, 0) is 55.4 Å². The Morgan fingerprint density at radius 2 is 1.88 bits per heavy atom. The van der Waals surface area contributed by atoms with Gasteiger partial charge in [-0.2, -0.15) is 0 Å². The van der Waals surface area contributed by atoms with Gasteiger partial charge in [0.15, 0.2) is 0 Å². The van der Waals surface area contributed by atoms with Crippen LogP contribution in [-0.2, 0) is 0 Å². The topological polar surface area (TPSA) is 73.9 Å². The number of thiophene rings is 1. The third-order valence-electron chi connectivity index (χ3n) is 3.86. The van der Waals surface area contributed by atoms with E-state index >= 15 is 0 Å². The molecule has 4 rings (SSSR count). The number of aryl methyl sites for hydroxylation is 2. The number of nitrogens with zero attached hydrogens (tertiary/aromatic N) is 4. The second kappa shape index (κ2) is 6.45. The van der Waals surface area contributed by atoms with Crippen molar-refractivity contribution in [3.63, 3.8) is 0 Å². The van der Waals surface area contributed by atoms with E-state index in [0.717, 1.165) is 26.6 Å². The van der Waals surface area contributed by atoms with Gasteiger partial charge in [-0.25, -0.2) is 9.97 Å². The summed E-state index contributed by atoms with van der Waals surface area (Å²) in [4.78, 5) is 11.0. The molecule has 25 heavy (non-hydrogen) atoms. The van der Waals surface area contributed by atoms with E-state index in [9.17, 15) is 0 Å². The minimum absolute atomic E-state index is 0.453. The zero-order valence-corrected chi connectivity index (χ0v) is 15.4. The molecule has 0 spiro atoms. The number of rotatable bonds is 4. The van der Waals surface area contributed by atoms with Crippen LogP contribution in [0.4, 0.5) is 0 Å². The van der Waals surface area contributed by atoms with E-state index in [-0.39, 0.29) is 0 Å². The van der Waals surface area contributed by atoms with Crippen molar-refractivity contribution in [3.8, 4) is 17.2 Å². The summed E-state index contributed by atoms with van der Waals surface area (Å²) in [6.07, 6.45) is 1.57. The van der Waals surface area contributed by atoms with Crippen LogP contribution in [0.5, 0.6) is 5.75 Å². The molecule has 0 saturated heterocycles. The number of methoxy groups -OCH3 is 1. The Kier molecular flexibility index (Phi) is 4.14. The predicted molar refractivity (Wildman–Crippen MR) is 97.3 cm³/mol. The normalized spacial score (nSPS) is 11.2. The van der Waals surface area contributed by atoms with Gasteiger partial charge in [0.2, 0.25) is 5.89 Å². The van der Waals surface area contributed by atoms with Crippen LogP contribution >= 0.6 is 23.1 Å². The third kappa shape index (κ3) is 2.98. The fourth-order valence-corrected chi connectivity index (χ4v) is 4.29. The predicted octanol–water partition coefficient (Wildman–Crippen LogP) is 4.52. The molecule has 0 atom stereocenters. The summed E-state index contributed by atoms with van der Waals surface area (Å²) in [5.41, 5.74) is 2.04. The van der Waals surface area contributed by atoms with Gasteiger partial charge >= 0.3 is 0 Å². The monoisotopic (exact) mass is 370 g/mol. The maximum Gasteiger partial charge on any atom is 0.283 e. The van der Waals surface area contributed by atoms with Crippen molar-refractivity contribution < 1.29 is 9.15 Å². The lowest BCUT2D eigenvalue weighted by Crippen LogP contribution is -1.85. The van der Waals surface area contributed by atoms with Crippen molar-refractivity contribution in [1.82, 2.24) is 20.2 Å². The molecule has 0 fully saturated rings. The van der Waals surface area contributed by atoms with E-state index < -0.39 is 0 Å². The van der Waals surface area contributed by atoms with Crippen molar-refractivity contribution in [2.24, 2.45) is 0 Å². The maximum atomic E-state index is 5.79. The standard InChI is InChI=1S/C17H14N4O2S2/c1-9-10(2)24-15-13(9)16(19-8-18-15)25-17-21-20-14(23-17)11-4-6-12(22-3)7-5-11/h4-8H,1-3H3. The van der Waals surface area contributed by atoms with Crippen LogP contribution in [0.25, 0.3) is 21.7 Å². The highest BCUT2D eigenvalue weighted by atomic mass is 32.2. The Morgan fingerprint density at radius 1 is 1.08 bits per heavy atom. The number of fused-ring (bicyclic) bond motifs is 1. The second-order valence-electron chi connectivity index (χ2n) is 5.35. The van der Waals surface area contributed by atoms with Gasteiger partial charge in [0.25, 0.3) is 5.22 Å². The van der Waals surface area contributed by atoms with Crippen LogP contribution in [0.1, 0.15) is 10.4 Å². The number of hydrogen-bond acceptors (Lipinski definition) is 8. The number of aromatic nitrogens is 4. The first-order chi connectivity index (χ1) is 12.2. The van der Waals surface area contributed by atoms with Crippen molar-refractivity contribution in [1.29, 1.82) is 0 Å². The van der Waals surface area contributed by atoms with E-state index in [4.69, 9.17) is 9.15 Å². The van der Waals surface area contributed by atoms with Crippen LogP contribution in [0.15, 0.2) is 45.3 Å². The summed E-state index contributed by atoms with van der Waals surface area (Å²) in [5.74, 6) is 1.25. The first-order valence-corrected chi connectivity index (χ1v) is 9.15. The van der Waals surface area contributed by atoms with Crippen molar-refractivity contribution in [3.05, 3.63) is 41.0 Å². The van der Waals surface area contributed by atoms with Gasteiger partial charge < -0.3 is 9.15 Å². The van der Waals surface area contributed by atoms with E-state index in [0.29, 0.717) is 11.1 Å². The van der Waals surface area contributed by atoms with Gasteiger partial charge in [-0.3, -0.25) is 0 Å². The molecule has 0 aliphatic rings. The molecule has 0 aliphatic heterocycles. The molecule has 0 aliphatic carbocycles. The maximum absolute atomic E-state index is 5.79. The third-order valence-corrected chi connectivity index (χ3v) is 5.82. The van der Waals surface area contributed by atoms with Gasteiger partial charge in [0.05, 0.1) is 7.11 Å². The van der Waals surface area contributed by atoms with E-state index in [1.807, 2.05) is 24.3 Å². The van der Waals surface area contributed by atoms with Crippen molar-refractivity contribution in [2.45, 2.75) is 24.1 Å². The van der Waals surface area contributed by atoms with E-state index in [2.05, 4.69) is 34.0 Å². The molecule has 126 valence electrons. The Bertz CT molecular complexity index is 1040. The Labute approximate surface area is 152 Å². The zero-order valence-electron chi connectivity index (χ0n) is 13.8. The highest BCUT2D eigenvalue weighted by molar-refractivity contribution is 7.99. The minimum atomic E-state index is 0.453. The van der Waals surface area contributed by atoms with Crippen LogP contribution in [0.3, 0.4) is 0 Å². The van der Waals surface area contributed by atoms with E-state index in [1.165, 1.54) is 22.2 Å². The minimum Gasteiger partial charge on any atom is -0.497 e. The van der Waals surface area contributed by atoms with Crippen LogP contribution in [0.2, 0.25) is 0 Å². The first kappa shape index (κ1) is 16.0. The highest BCUT2D eigenvalue weighted by Gasteiger charge is 2.16. The lowest BCUT2D eigenvalue weighted by molar-refractivity contribution is 0.414. The first-order valence-electron chi connectivity index (χ1n) is 7.52. The summed E-state index contributed by atoms with van der Waals surface area (Å²) < 4.78 is 10.9. The van der Waals surface area contributed by atoms with Gasteiger partial charge in [-0.15, -0.1) is 21.5 Å². The smallest absolute Gasteiger partial charge is 0.283 e. The quantitative estimate of drug-likeness (QED) is 0.489. The van der Waals surface area contributed by atoms with Crippen LogP contribution in [-0.4, -0.2) is 27.3 Å². The van der Waals surface area contributed by atoms with Crippen molar-refractivity contribution in [2.75, 3.05) is 7.11 Å². The number of benzene rings is 1. The fraction of sp³-hybridized carbons (Fsp3) is 0.176. The summed E-state index contributed by atoms with van der Waals surface area (Å²) >= 11 is 3.02. The summed E-state index contributed by atoms with van der Waals surface area (Å²) in [5, 5.41) is 10.6. The molecule has 0 N–H and O–H groups in total. The lowest BCUT2D eigenvalue weighted by Gasteiger charge is -2.00.